The Labute approximate surface area is 94.5 Å². The molecule has 0 aromatic carbocycles. The van der Waals surface area contributed by atoms with E-state index in [0.29, 0.717) is 0 Å². The largest absolute Gasteiger partial charge is 0.464 e. The molecule has 0 spiro atoms. The maximum absolute atomic E-state index is 11.4. The lowest BCUT2D eigenvalue weighted by molar-refractivity contribution is -0.149. The normalized spacial score (nSPS) is 11.6. The fraction of sp³-hybridized carbons (Fsp3) is 0.700. The van der Waals surface area contributed by atoms with Crippen molar-refractivity contribution in [2.24, 2.45) is 5.73 Å². The molecule has 1 atom stereocenters. The van der Waals surface area contributed by atoms with Crippen LogP contribution in [0.5, 0.6) is 0 Å². The van der Waals surface area contributed by atoms with Gasteiger partial charge in [-0.1, -0.05) is 13.3 Å². The van der Waals surface area contributed by atoms with Crippen molar-refractivity contribution >= 4 is 17.8 Å². The van der Waals surface area contributed by atoms with Crippen LogP contribution >= 0.6 is 0 Å². The maximum Gasteiger partial charge on any atom is 0.329 e. The van der Waals surface area contributed by atoms with Crippen LogP contribution in [0.1, 0.15) is 33.1 Å². The zero-order valence-corrected chi connectivity index (χ0v) is 9.62. The summed E-state index contributed by atoms with van der Waals surface area (Å²) in [6, 6.07) is -0.980. The molecule has 0 aliphatic carbocycles. The van der Waals surface area contributed by atoms with Gasteiger partial charge in [-0.05, 0) is 6.42 Å². The molecule has 0 saturated heterocycles. The number of ether oxygens (including phenoxy) is 1. The summed E-state index contributed by atoms with van der Waals surface area (Å²) in [5, 5.41) is 2.32. The molecule has 0 aromatic rings. The second-order valence-corrected chi connectivity index (χ2v) is 3.44. The van der Waals surface area contributed by atoms with E-state index in [1.165, 1.54) is 6.92 Å². The van der Waals surface area contributed by atoms with Crippen molar-refractivity contribution in [2.45, 2.75) is 39.2 Å². The predicted octanol–water partition coefficient (Wildman–Crippen LogP) is -0.290. The summed E-state index contributed by atoms with van der Waals surface area (Å²) >= 11 is 0. The first-order valence-corrected chi connectivity index (χ1v) is 5.19. The van der Waals surface area contributed by atoms with Gasteiger partial charge in [0.2, 0.25) is 11.8 Å². The average Bonchev–Trinajstić information content (AvgIpc) is 2.15. The smallest absolute Gasteiger partial charge is 0.329 e. The van der Waals surface area contributed by atoms with Gasteiger partial charge >= 0.3 is 5.97 Å². The molecule has 0 rings (SSSR count). The first-order valence-electron chi connectivity index (χ1n) is 5.19. The fourth-order valence-electron chi connectivity index (χ4n) is 1.06. The molecule has 6 nitrogen and oxygen atoms in total. The number of primary amides is 1. The van der Waals surface area contributed by atoms with Gasteiger partial charge in [-0.15, -0.1) is 0 Å². The Balaban J connectivity index is 4.20. The minimum absolute atomic E-state index is 0.245. The Kier molecular flexibility index (Phi) is 6.91. The molecule has 92 valence electrons. The number of nitrogens with two attached hydrogens (primary N) is 1. The van der Waals surface area contributed by atoms with Crippen molar-refractivity contribution in [1.82, 2.24) is 5.32 Å². The molecule has 0 saturated carbocycles. The zero-order chi connectivity index (χ0) is 12.6. The number of amides is 2. The topological polar surface area (TPSA) is 98.5 Å². The minimum atomic E-state index is -0.980. The second kappa shape index (κ2) is 7.67. The van der Waals surface area contributed by atoms with E-state index < -0.39 is 23.8 Å². The van der Waals surface area contributed by atoms with E-state index in [0.717, 1.165) is 12.8 Å². The number of carbonyl (C=O) groups is 3. The van der Waals surface area contributed by atoms with E-state index in [1.54, 1.807) is 0 Å². The van der Waals surface area contributed by atoms with Crippen molar-refractivity contribution in [3.05, 3.63) is 0 Å². The molecule has 3 N–H and O–H groups in total. The van der Waals surface area contributed by atoms with Gasteiger partial charge in [-0.3, -0.25) is 9.59 Å². The van der Waals surface area contributed by atoms with Gasteiger partial charge in [-0.25, -0.2) is 4.79 Å². The third kappa shape index (κ3) is 6.80. The summed E-state index contributed by atoms with van der Waals surface area (Å²) in [4.78, 5) is 32.9. The van der Waals surface area contributed by atoms with Gasteiger partial charge in [-0.2, -0.15) is 0 Å². The lowest BCUT2D eigenvalue weighted by atomic mass is 10.2. The van der Waals surface area contributed by atoms with Crippen LogP contribution in [0.4, 0.5) is 0 Å². The Hall–Kier alpha value is -1.59. The van der Waals surface area contributed by atoms with Gasteiger partial charge in [0, 0.05) is 6.92 Å². The minimum Gasteiger partial charge on any atom is -0.464 e. The van der Waals surface area contributed by atoms with Crippen LogP contribution in [0.15, 0.2) is 0 Å². The van der Waals surface area contributed by atoms with Crippen LogP contribution in [0, 0.1) is 0 Å². The average molecular weight is 230 g/mol. The van der Waals surface area contributed by atoms with E-state index >= 15 is 0 Å². The third-order valence-corrected chi connectivity index (χ3v) is 1.81. The monoisotopic (exact) mass is 230 g/mol. The van der Waals surface area contributed by atoms with Gasteiger partial charge in [0.05, 0.1) is 13.0 Å². The van der Waals surface area contributed by atoms with Crippen LogP contribution in [0.2, 0.25) is 0 Å². The molecule has 0 aliphatic heterocycles. The lowest BCUT2D eigenvalue weighted by Crippen LogP contribution is -2.43. The number of hydrogen-bond acceptors (Lipinski definition) is 4. The summed E-state index contributed by atoms with van der Waals surface area (Å²) in [6.45, 7) is 3.50. The molecule has 6 heteroatoms. The molecule has 16 heavy (non-hydrogen) atoms. The molecule has 0 radical (unpaired) electrons. The quantitative estimate of drug-likeness (QED) is 0.463. The summed E-state index contributed by atoms with van der Waals surface area (Å²) < 4.78 is 4.88. The number of rotatable bonds is 7. The molecule has 0 aliphatic rings. The van der Waals surface area contributed by atoms with Crippen molar-refractivity contribution in [3.8, 4) is 0 Å². The van der Waals surface area contributed by atoms with Gasteiger partial charge in [0.15, 0.2) is 0 Å². The van der Waals surface area contributed by atoms with Crippen LogP contribution < -0.4 is 11.1 Å². The first-order chi connectivity index (χ1) is 7.47. The summed E-state index contributed by atoms with van der Waals surface area (Å²) in [6.07, 6.45) is 1.40. The Morgan fingerprint density at radius 2 is 2.00 bits per heavy atom. The van der Waals surface area contributed by atoms with E-state index in [1.807, 2.05) is 6.92 Å². The van der Waals surface area contributed by atoms with Crippen LogP contribution in [0.3, 0.4) is 0 Å². The van der Waals surface area contributed by atoms with Crippen LogP contribution in [-0.2, 0) is 19.1 Å². The summed E-state index contributed by atoms with van der Waals surface area (Å²) in [5.74, 6) is -1.69. The molecular formula is C10H18N2O4. The molecule has 2 amide bonds. The zero-order valence-electron chi connectivity index (χ0n) is 9.62. The van der Waals surface area contributed by atoms with E-state index in [9.17, 15) is 14.4 Å². The van der Waals surface area contributed by atoms with Crippen LogP contribution in [0.25, 0.3) is 0 Å². The Bertz CT molecular complexity index is 250. The SMILES string of the molecule is CCCCOC(=O)[C@H](CC(N)=O)NC(C)=O. The first kappa shape index (κ1) is 14.4. The number of nitrogens with one attached hydrogen (secondary N) is 1. The van der Waals surface area contributed by atoms with Crippen molar-refractivity contribution in [1.29, 1.82) is 0 Å². The molecule has 0 fully saturated rings. The van der Waals surface area contributed by atoms with Gasteiger partial charge in [0.25, 0.3) is 0 Å². The highest BCUT2D eigenvalue weighted by atomic mass is 16.5. The fourth-order valence-corrected chi connectivity index (χ4v) is 1.06. The van der Waals surface area contributed by atoms with E-state index in [4.69, 9.17) is 10.5 Å². The molecule has 0 unspecified atom stereocenters. The highest BCUT2D eigenvalue weighted by Gasteiger charge is 2.22. The highest BCUT2D eigenvalue weighted by molar-refractivity contribution is 5.88. The molecule has 0 bridgehead atoms. The van der Waals surface area contributed by atoms with Crippen molar-refractivity contribution in [2.75, 3.05) is 6.61 Å². The summed E-state index contributed by atoms with van der Waals surface area (Å²) in [7, 11) is 0. The Morgan fingerprint density at radius 1 is 1.38 bits per heavy atom. The van der Waals surface area contributed by atoms with Crippen molar-refractivity contribution < 1.29 is 19.1 Å². The molecule has 0 heterocycles. The lowest BCUT2D eigenvalue weighted by Gasteiger charge is -2.14. The van der Waals surface area contributed by atoms with Gasteiger partial charge < -0.3 is 15.8 Å². The van der Waals surface area contributed by atoms with Gasteiger partial charge in [0.1, 0.15) is 6.04 Å². The number of hydrogen-bond donors (Lipinski definition) is 2. The highest BCUT2D eigenvalue weighted by Crippen LogP contribution is 1.97. The Morgan fingerprint density at radius 3 is 2.44 bits per heavy atom. The van der Waals surface area contributed by atoms with E-state index in [-0.39, 0.29) is 13.0 Å². The summed E-state index contributed by atoms with van der Waals surface area (Å²) in [5.41, 5.74) is 4.96. The second-order valence-electron chi connectivity index (χ2n) is 3.44. The van der Waals surface area contributed by atoms with Crippen LogP contribution in [-0.4, -0.2) is 30.4 Å². The number of carbonyl (C=O) groups excluding carboxylic acids is 3. The van der Waals surface area contributed by atoms with Crippen molar-refractivity contribution in [3.63, 3.8) is 0 Å². The maximum atomic E-state index is 11.4. The number of unbranched alkanes of at least 4 members (excludes halogenated alkanes) is 1. The molecule has 0 aromatic heterocycles. The molecular weight excluding hydrogens is 212 g/mol. The third-order valence-electron chi connectivity index (χ3n) is 1.81. The number of esters is 1. The van der Waals surface area contributed by atoms with E-state index in [2.05, 4.69) is 5.32 Å². The predicted molar refractivity (Wildman–Crippen MR) is 57.3 cm³/mol. The standard InChI is InChI=1S/C10H18N2O4/c1-3-4-5-16-10(15)8(6-9(11)14)12-7(2)13/h8H,3-6H2,1-2H3,(H2,11,14)(H,12,13)/t8-/m0/s1.